The van der Waals surface area contributed by atoms with E-state index in [4.69, 9.17) is 0 Å². The molecule has 1 aliphatic carbocycles. The molecule has 19 heavy (non-hydrogen) atoms. The number of carbonyl (C=O) groups is 1. The molecule has 3 nitrogen and oxygen atoms in total. The molecule has 104 valence electrons. The highest BCUT2D eigenvalue weighted by molar-refractivity contribution is 5.77. The van der Waals surface area contributed by atoms with Crippen LogP contribution in [0.4, 0.5) is 0 Å². The highest BCUT2D eigenvalue weighted by Crippen LogP contribution is 2.24. The molecule has 0 bridgehead atoms. The van der Waals surface area contributed by atoms with Crippen LogP contribution in [0.2, 0.25) is 0 Å². The molecule has 1 fully saturated rings. The van der Waals surface area contributed by atoms with Gasteiger partial charge in [0.05, 0.1) is 12.0 Å². The summed E-state index contributed by atoms with van der Waals surface area (Å²) >= 11 is 0. The van der Waals surface area contributed by atoms with E-state index < -0.39 is 5.60 Å². The van der Waals surface area contributed by atoms with Crippen LogP contribution in [-0.2, 0) is 10.4 Å². The van der Waals surface area contributed by atoms with E-state index in [0.717, 1.165) is 18.4 Å². The Bertz CT molecular complexity index is 408. The third kappa shape index (κ3) is 4.06. The molecule has 0 heterocycles. The lowest BCUT2D eigenvalue weighted by Gasteiger charge is -2.27. The highest BCUT2D eigenvalue weighted by atomic mass is 16.3. The Morgan fingerprint density at radius 1 is 1.26 bits per heavy atom. The summed E-state index contributed by atoms with van der Waals surface area (Å²) in [6.07, 6.45) is 5.92. The van der Waals surface area contributed by atoms with Crippen molar-refractivity contribution in [2.24, 2.45) is 0 Å². The molecule has 3 heteroatoms. The largest absolute Gasteiger partial charge is 0.385 e. The second-order valence-electron chi connectivity index (χ2n) is 5.72. The number of hydrogen-bond donors (Lipinski definition) is 2. The number of rotatable bonds is 4. The van der Waals surface area contributed by atoms with Gasteiger partial charge in [-0.1, -0.05) is 49.6 Å². The number of aliphatic hydroxyl groups is 1. The van der Waals surface area contributed by atoms with Crippen molar-refractivity contribution in [3.05, 3.63) is 35.9 Å². The van der Waals surface area contributed by atoms with E-state index in [1.807, 2.05) is 30.3 Å². The number of carbonyl (C=O) groups excluding carboxylic acids is 1. The molecule has 0 spiro atoms. The van der Waals surface area contributed by atoms with E-state index in [-0.39, 0.29) is 12.3 Å². The molecule has 1 aromatic carbocycles. The standard InChI is InChI=1S/C16H23NO2/c1-16(19,13-8-4-2-5-9-13)12-15(18)17-14-10-6-3-7-11-14/h2,4-5,8-9,14,19H,3,6-7,10-12H2,1H3,(H,17,18). The molecule has 1 amide bonds. The van der Waals surface area contributed by atoms with E-state index >= 15 is 0 Å². The topological polar surface area (TPSA) is 49.3 Å². The molecule has 0 aromatic heterocycles. The number of amides is 1. The normalized spacial score (nSPS) is 19.7. The summed E-state index contributed by atoms with van der Waals surface area (Å²) in [5.41, 5.74) is -0.311. The zero-order valence-corrected chi connectivity index (χ0v) is 11.6. The third-order valence-electron chi connectivity index (χ3n) is 3.87. The van der Waals surface area contributed by atoms with Crippen molar-refractivity contribution in [3.63, 3.8) is 0 Å². The fourth-order valence-electron chi connectivity index (χ4n) is 2.74. The lowest BCUT2D eigenvalue weighted by molar-refractivity contribution is -0.126. The minimum absolute atomic E-state index is 0.0549. The van der Waals surface area contributed by atoms with Crippen molar-refractivity contribution >= 4 is 5.91 Å². The van der Waals surface area contributed by atoms with E-state index in [0.29, 0.717) is 6.04 Å². The van der Waals surface area contributed by atoms with E-state index in [1.165, 1.54) is 19.3 Å². The van der Waals surface area contributed by atoms with E-state index in [9.17, 15) is 9.90 Å². The maximum Gasteiger partial charge on any atom is 0.223 e. The Kier molecular flexibility index (Phi) is 4.59. The lowest BCUT2D eigenvalue weighted by Crippen LogP contribution is -2.39. The highest BCUT2D eigenvalue weighted by Gasteiger charge is 2.27. The zero-order chi connectivity index (χ0) is 13.7. The number of nitrogens with one attached hydrogen (secondary N) is 1. The van der Waals surface area contributed by atoms with Crippen LogP contribution in [0.5, 0.6) is 0 Å². The van der Waals surface area contributed by atoms with Crippen molar-refractivity contribution in [1.82, 2.24) is 5.32 Å². The number of benzene rings is 1. The van der Waals surface area contributed by atoms with Gasteiger partial charge in [-0.05, 0) is 25.3 Å². The molecule has 1 unspecified atom stereocenters. The van der Waals surface area contributed by atoms with E-state index in [1.54, 1.807) is 6.92 Å². The maximum absolute atomic E-state index is 12.0. The Morgan fingerprint density at radius 3 is 2.53 bits per heavy atom. The van der Waals surface area contributed by atoms with Crippen LogP contribution in [-0.4, -0.2) is 17.1 Å². The summed E-state index contributed by atoms with van der Waals surface area (Å²) in [5.74, 6) is -0.0549. The van der Waals surface area contributed by atoms with Crippen molar-refractivity contribution in [3.8, 4) is 0 Å². The average Bonchev–Trinajstić information content (AvgIpc) is 2.40. The van der Waals surface area contributed by atoms with Crippen molar-refractivity contribution in [2.75, 3.05) is 0 Å². The first-order valence-corrected chi connectivity index (χ1v) is 7.15. The molecule has 0 radical (unpaired) electrons. The van der Waals surface area contributed by atoms with Gasteiger partial charge in [0.25, 0.3) is 0 Å². The van der Waals surface area contributed by atoms with Crippen LogP contribution in [0.25, 0.3) is 0 Å². The fraction of sp³-hybridized carbons (Fsp3) is 0.562. The van der Waals surface area contributed by atoms with E-state index in [2.05, 4.69) is 5.32 Å². The molecule has 1 atom stereocenters. The van der Waals surface area contributed by atoms with Gasteiger partial charge in [-0.2, -0.15) is 0 Å². The summed E-state index contributed by atoms with van der Waals surface area (Å²) < 4.78 is 0. The summed E-state index contributed by atoms with van der Waals surface area (Å²) in [5, 5.41) is 13.5. The quantitative estimate of drug-likeness (QED) is 0.875. The average molecular weight is 261 g/mol. The summed E-state index contributed by atoms with van der Waals surface area (Å²) in [4.78, 5) is 12.0. The van der Waals surface area contributed by atoms with Gasteiger partial charge in [-0.15, -0.1) is 0 Å². The first kappa shape index (κ1) is 14.1. The smallest absolute Gasteiger partial charge is 0.223 e. The first-order chi connectivity index (χ1) is 9.08. The summed E-state index contributed by atoms with van der Waals surface area (Å²) in [6, 6.07) is 9.67. The Balaban J connectivity index is 1.90. The predicted molar refractivity (Wildman–Crippen MR) is 75.6 cm³/mol. The molecule has 1 aromatic rings. The molecule has 2 N–H and O–H groups in total. The van der Waals surface area contributed by atoms with Gasteiger partial charge >= 0.3 is 0 Å². The maximum atomic E-state index is 12.0. The SMILES string of the molecule is CC(O)(CC(=O)NC1CCCCC1)c1ccccc1. The summed E-state index contributed by atoms with van der Waals surface area (Å²) in [7, 11) is 0. The van der Waals surface area contributed by atoms with Crippen molar-refractivity contribution in [2.45, 2.75) is 57.1 Å². The second-order valence-corrected chi connectivity index (χ2v) is 5.72. The van der Waals surface area contributed by atoms with Gasteiger partial charge < -0.3 is 10.4 Å². The fourth-order valence-corrected chi connectivity index (χ4v) is 2.74. The minimum Gasteiger partial charge on any atom is -0.385 e. The van der Waals surface area contributed by atoms with Gasteiger partial charge in [-0.25, -0.2) is 0 Å². The van der Waals surface area contributed by atoms with Crippen molar-refractivity contribution < 1.29 is 9.90 Å². The van der Waals surface area contributed by atoms with Gasteiger partial charge in [0.2, 0.25) is 5.91 Å². The van der Waals surface area contributed by atoms with Crippen LogP contribution in [0.15, 0.2) is 30.3 Å². The molecule has 1 saturated carbocycles. The van der Waals surface area contributed by atoms with Gasteiger partial charge in [0.15, 0.2) is 0 Å². The van der Waals surface area contributed by atoms with Gasteiger partial charge in [0.1, 0.15) is 0 Å². The van der Waals surface area contributed by atoms with Crippen LogP contribution in [0.3, 0.4) is 0 Å². The lowest BCUT2D eigenvalue weighted by atomic mass is 9.91. The molecule has 0 aliphatic heterocycles. The third-order valence-corrected chi connectivity index (χ3v) is 3.87. The first-order valence-electron chi connectivity index (χ1n) is 7.15. The van der Waals surface area contributed by atoms with Crippen molar-refractivity contribution in [1.29, 1.82) is 0 Å². The Morgan fingerprint density at radius 2 is 1.89 bits per heavy atom. The second kappa shape index (κ2) is 6.20. The molecular weight excluding hydrogens is 238 g/mol. The monoisotopic (exact) mass is 261 g/mol. The molecule has 2 rings (SSSR count). The van der Waals surface area contributed by atoms with Gasteiger partial charge in [-0.3, -0.25) is 4.79 Å². The van der Waals surface area contributed by atoms with Crippen LogP contribution < -0.4 is 5.32 Å². The molecular formula is C16H23NO2. The predicted octanol–water partition coefficient (Wildman–Crippen LogP) is 2.73. The van der Waals surface area contributed by atoms with Crippen LogP contribution in [0, 0.1) is 0 Å². The molecule has 0 saturated heterocycles. The Labute approximate surface area is 115 Å². The van der Waals surface area contributed by atoms with Crippen LogP contribution in [0.1, 0.15) is 51.0 Å². The molecule has 1 aliphatic rings. The number of hydrogen-bond acceptors (Lipinski definition) is 2. The Hall–Kier alpha value is -1.35. The van der Waals surface area contributed by atoms with Gasteiger partial charge in [0, 0.05) is 6.04 Å². The minimum atomic E-state index is -1.10. The summed E-state index contributed by atoms with van der Waals surface area (Å²) in [6.45, 7) is 1.70. The van der Waals surface area contributed by atoms with Crippen LogP contribution >= 0.6 is 0 Å². The zero-order valence-electron chi connectivity index (χ0n) is 11.6.